The summed E-state index contributed by atoms with van der Waals surface area (Å²) in [6, 6.07) is 12.8. The lowest BCUT2D eigenvalue weighted by Gasteiger charge is -2.12. The Morgan fingerprint density at radius 1 is 1.10 bits per heavy atom. The van der Waals surface area contributed by atoms with Gasteiger partial charge in [-0.2, -0.15) is 18.3 Å². The summed E-state index contributed by atoms with van der Waals surface area (Å²) in [5.74, 6) is -0.230. The molecular weight excluding hydrogens is 281 g/mol. The van der Waals surface area contributed by atoms with Crippen molar-refractivity contribution in [2.24, 2.45) is 5.10 Å². The molecule has 0 aliphatic heterocycles. The zero-order chi connectivity index (χ0) is 15.3. The maximum atomic E-state index is 12.7. The predicted molar refractivity (Wildman–Crippen MR) is 75.7 cm³/mol. The number of ether oxygens (including phenoxy) is 1. The third-order valence-corrected chi connectivity index (χ3v) is 2.71. The Morgan fingerprint density at radius 2 is 1.81 bits per heavy atom. The molecule has 0 saturated heterocycles. The van der Waals surface area contributed by atoms with Crippen molar-refractivity contribution in [2.45, 2.75) is 6.18 Å². The van der Waals surface area contributed by atoms with Gasteiger partial charge in [0.25, 0.3) is 0 Å². The topological polar surface area (TPSA) is 33.6 Å². The van der Waals surface area contributed by atoms with E-state index in [9.17, 15) is 13.2 Å². The molecule has 0 aromatic heterocycles. The molecule has 1 N–H and O–H groups in total. The molecule has 0 fully saturated rings. The van der Waals surface area contributed by atoms with E-state index in [1.807, 2.05) is 30.3 Å². The van der Waals surface area contributed by atoms with Crippen LogP contribution < -0.4 is 10.2 Å². The summed E-state index contributed by atoms with van der Waals surface area (Å²) in [7, 11) is 1.20. The summed E-state index contributed by atoms with van der Waals surface area (Å²) in [6.45, 7) is 0. The van der Waals surface area contributed by atoms with E-state index >= 15 is 0 Å². The molecule has 2 aromatic rings. The summed E-state index contributed by atoms with van der Waals surface area (Å²) in [4.78, 5) is 0. The summed E-state index contributed by atoms with van der Waals surface area (Å²) in [5, 5.41) is 3.97. The molecule has 0 saturated carbocycles. The fraction of sp³-hybridized carbons (Fsp3) is 0.133. The summed E-state index contributed by atoms with van der Waals surface area (Å²) >= 11 is 0. The second-order valence-electron chi connectivity index (χ2n) is 4.19. The largest absolute Gasteiger partial charge is 0.496 e. The summed E-state index contributed by atoms with van der Waals surface area (Å²) in [5.41, 5.74) is 3.26. The third-order valence-electron chi connectivity index (χ3n) is 2.71. The number of nitrogens with zero attached hydrogens (tertiary/aromatic N) is 1. The number of nitrogens with one attached hydrogen (secondary N) is 1. The SMILES string of the molecule is COc1cc(C=NNc2ccccc2)ccc1C(F)(F)F. The zero-order valence-corrected chi connectivity index (χ0v) is 11.2. The number of hydrogen-bond acceptors (Lipinski definition) is 3. The first kappa shape index (κ1) is 14.9. The van der Waals surface area contributed by atoms with Crippen molar-refractivity contribution in [2.75, 3.05) is 12.5 Å². The highest BCUT2D eigenvalue weighted by atomic mass is 19.4. The second kappa shape index (κ2) is 6.30. The minimum atomic E-state index is -4.44. The quantitative estimate of drug-likeness (QED) is 0.678. The average Bonchev–Trinajstić information content (AvgIpc) is 2.47. The van der Waals surface area contributed by atoms with Gasteiger partial charge in [-0.1, -0.05) is 24.3 Å². The van der Waals surface area contributed by atoms with E-state index in [0.717, 1.165) is 11.8 Å². The number of para-hydroxylation sites is 1. The standard InChI is InChI=1S/C15H13F3N2O/c1-21-14-9-11(7-8-13(14)15(16,17)18)10-19-20-12-5-3-2-4-6-12/h2-10,20H,1H3. The van der Waals surface area contributed by atoms with E-state index < -0.39 is 11.7 Å². The van der Waals surface area contributed by atoms with E-state index in [0.29, 0.717) is 5.56 Å². The number of alkyl halides is 3. The van der Waals surface area contributed by atoms with Gasteiger partial charge >= 0.3 is 6.18 Å². The van der Waals surface area contributed by atoms with E-state index in [1.54, 1.807) is 0 Å². The fourth-order valence-corrected chi connectivity index (χ4v) is 1.72. The van der Waals surface area contributed by atoms with Crippen molar-refractivity contribution < 1.29 is 17.9 Å². The van der Waals surface area contributed by atoms with Crippen LogP contribution in [0, 0.1) is 0 Å². The second-order valence-corrected chi connectivity index (χ2v) is 4.19. The molecule has 0 unspecified atom stereocenters. The molecule has 0 atom stereocenters. The van der Waals surface area contributed by atoms with E-state index in [4.69, 9.17) is 4.74 Å². The number of methoxy groups -OCH3 is 1. The van der Waals surface area contributed by atoms with Crippen molar-refractivity contribution in [3.8, 4) is 5.75 Å². The first-order chi connectivity index (χ1) is 10.0. The normalized spacial score (nSPS) is 11.6. The van der Waals surface area contributed by atoms with Crippen LogP contribution in [0.1, 0.15) is 11.1 Å². The monoisotopic (exact) mass is 294 g/mol. The van der Waals surface area contributed by atoms with Crippen LogP contribution in [0.15, 0.2) is 53.6 Å². The van der Waals surface area contributed by atoms with Crippen LogP contribution >= 0.6 is 0 Å². The fourth-order valence-electron chi connectivity index (χ4n) is 1.72. The maximum absolute atomic E-state index is 12.7. The number of hydrogen-bond donors (Lipinski definition) is 1. The molecule has 0 heterocycles. The van der Waals surface area contributed by atoms with Crippen LogP contribution in [0.4, 0.5) is 18.9 Å². The first-order valence-corrected chi connectivity index (χ1v) is 6.10. The molecule has 3 nitrogen and oxygen atoms in total. The highest BCUT2D eigenvalue weighted by Crippen LogP contribution is 2.36. The van der Waals surface area contributed by atoms with Gasteiger partial charge < -0.3 is 4.74 Å². The summed E-state index contributed by atoms with van der Waals surface area (Å²) < 4.78 is 42.9. The molecule has 110 valence electrons. The lowest BCUT2D eigenvalue weighted by atomic mass is 10.1. The lowest BCUT2D eigenvalue weighted by molar-refractivity contribution is -0.138. The highest BCUT2D eigenvalue weighted by Gasteiger charge is 2.34. The number of hydrazone groups is 1. The Bertz CT molecular complexity index is 625. The van der Waals surface area contributed by atoms with Crippen LogP contribution in [0.25, 0.3) is 0 Å². The van der Waals surface area contributed by atoms with Gasteiger partial charge in [0.1, 0.15) is 5.75 Å². The van der Waals surface area contributed by atoms with Crippen LogP contribution in [-0.4, -0.2) is 13.3 Å². The van der Waals surface area contributed by atoms with Gasteiger partial charge in [0.05, 0.1) is 24.6 Å². The Balaban J connectivity index is 2.14. The van der Waals surface area contributed by atoms with Crippen LogP contribution in [0.5, 0.6) is 5.75 Å². The van der Waals surface area contributed by atoms with Gasteiger partial charge in [0.2, 0.25) is 0 Å². The molecule has 2 rings (SSSR count). The number of anilines is 1. The molecule has 0 amide bonds. The predicted octanol–water partition coefficient (Wildman–Crippen LogP) is 4.16. The highest BCUT2D eigenvalue weighted by molar-refractivity contribution is 5.81. The number of benzene rings is 2. The van der Waals surface area contributed by atoms with Gasteiger partial charge in [-0.15, -0.1) is 0 Å². The molecule has 0 bridgehead atoms. The number of halogens is 3. The zero-order valence-electron chi connectivity index (χ0n) is 11.2. The van der Waals surface area contributed by atoms with Gasteiger partial charge in [-0.25, -0.2) is 0 Å². The minimum Gasteiger partial charge on any atom is -0.496 e. The molecule has 0 aliphatic rings. The molecular formula is C15H13F3N2O. The van der Waals surface area contributed by atoms with E-state index in [-0.39, 0.29) is 5.75 Å². The van der Waals surface area contributed by atoms with Crippen LogP contribution in [-0.2, 0) is 6.18 Å². The lowest BCUT2D eigenvalue weighted by Crippen LogP contribution is -2.07. The molecule has 21 heavy (non-hydrogen) atoms. The van der Waals surface area contributed by atoms with Crippen molar-refractivity contribution in [3.63, 3.8) is 0 Å². The molecule has 6 heteroatoms. The first-order valence-electron chi connectivity index (χ1n) is 6.10. The van der Waals surface area contributed by atoms with Crippen molar-refractivity contribution in [1.82, 2.24) is 0 Å². The maximum Gasteiger partial charge on any atom is 0.419 e. The van der Waals surface area contributed by atoms with Crippen molar-refractivity contribution in [1.29, 1.82) is 0 Å². The third kappa shape index (κ3) is 3.98. The minimum absolute atomic E-state index is 0.230. The molecule has 0 aliphatic carbocycles. The van der Waals surface area contributed by atoms with Crippen molar-refractivity contribution >= 4 is 11.9 Å². The van der Waals surface area contributed by atoms with Gasteiger partial charge in [0.15, 0.2) is 0 Å². The van der Waals surface area contributed by atoms with Gasteiger partial charge in [0, 0.05) is 0 Å². The number of rotatable bonds is 4. The molecule has 0 radical (unpaired) electrons. The molecule has 0 spiro atoms. The van der Waals surface area contributed by atoms with E-state index in [1.165, 1.54) is 25.5 Å². The van der Waals surface area contributed by atoms with E-state index in [2.05, 4.69) is 10.5 Å². The Labute approximate surface area is 120 Å². The Hall–Kier alpha value is -2.50. The smallest absolute Gasteiger partial charge is 0.419 e. The van der Waals surface area contributed by atoms with Crippen LogP contribution in [0.2, 0.25) is 0 Å². The Kier molecular flexibility index (Phi) is 4.47. The Morgan fingerprint density at radius 3 is 2.43 bits per heavy atom. The summed E-state index contributed by atoms with van der Waals surface area (Å²) in [6.07, 6.45) is -3.01. The van der Waals surface area contributed by atoms with Crippen LogP contribution in [0.3, 0.4) is 0 Å². The van der Waals surface area contributed by atoms with Gasteiger partial charge in [-0.3, -0.25) is 5.43 Å². The van der Waals surface area contributed by atoms with Crippen molar-refractivity contribution in [3.05, 3.63) is 59.7 Å². The average molecular weight is 294 g/mol. The van der Waals surface area contributed by atoms with Gasteiger partial charge in [-0.05, 0) is 29.8 Å². The molecule has 2 aromatic carbocycles.